The fourth-order valence-electron chi connectivity index (χ4n) is 3.72. The molecule has 2 aromatic rings. The van der Waals surface area contributed by atoms with Crippen LogP contribution >= 0.6 is 0 Å². The summed E-state index contributed by atoms with van der Waals surface area (Å²) in [6.07, 6.45) is 3.46. The van der Waals surface area contributed by atoms with Crippen LogP contribution in [0.15, 0.2) is 28.9 Å². The Balaban J connectivity index is 1.54. The fourth-order valence-corrected chi connectivity index (χ4v) is 3.72. The summed E-state index contributed by atoms with van der Waals surface area (Å²) in [5.41, 5.74) is 0.484. The number of hydrogen-bond donors (Lipinski definition) is 0. The number of carbonyl (C=O) groups excluding carboxylic acids is 1. The van der Waals surface area contributed by atoms with Crippen molar-refractivity contribution in [2.24, 2.45) is 5.92 Å². The van der Waals surface area contributed by atoms with Crippen molar-refractivity contribution in [1.29, 1.82) is 0 Å². The molecular formula is C17H20N4O3. The van der Waals surface area contributed by atoms with Gasteiger partial charge in [0.05, 0.1) is 6.10 Å². The van der Waals surface area contributed by atoms with Crippen LogP contribution in [-0.2, 0) is 4.74 Å². The van der Waals surface area contributed by atoms with Gasteiger partial charge in [0.25, 0.3) is 5.91 Å². The minimum atomic E-state index is -0.0277. The standard InChI is InChI=1S/C17H20N4O3/c1-11-19-16(24-20-11)12-6-9-23-15-5-8-21(10-13(12)15)17(22)14-4-2-3-7-18-14/h2-4,7,12-13,15H,5-6,8-10H2,1H3/t12-,13-,15-/m1/s1. The van der Waals surface area contributed by atoms with Crippen molar-refractivity contribution in [3.63, 3.8) is 0 Å². The Hall–Kier alpha value is -2.28. The molecule has 0 aromatic carbocycles. The zero-order valence-electron chi connectivity index (χ0n) is 13.6. The molecule has 0 saturated carbocycles. The van der Waals surface area contributed by atoms with E-state index in [-0.39, 0.29) is 23.8 Å². The molecule has 2 fully saturated rings. The summed E-state index contributed by atoms with van der Waals surface area (Å²) in [5, 5.41) is 3.91. The average Bonchev–Trinajstić information content (AvgIpc) is 3.07. The molecule has 3 atom stereocenters. The maximum atomic E-state index is 12.7. The number of aromatic nitrogens is 3. The Morgan fingerprint density at radius 1 is 1.33 bits per heavy atom. The fraction of sp³-hybridized carbons (Fsp3) is 0.529. The molecule has 0 bridgehead atoms. The lowest BCUT2D eigenvalue weighted by molar-refractivity contribution is -0.0757. The molecule has 0 radical (unpaired) electrons. The van der Waals surface area contributed by atoms with E-state index in [1.54, 1.807) is 12.3 Å². The van der Waals surface area contributed by atoms with Gasteiger partial charge in [-0.1, -0.05) is 11.2 Å². The minimum Gasteiger partial charge on any atom is -0.378 e. The first-order valence-corrected chi connectivity index (χ1v) is 8.34. The van der Waals surface area contributed by atoms with E-state index in [2.05, 4.69) is 15.1 Å². The largest absolute Gasteiger partial charge is 0.378 e. The quantitative estimate of drug-likeness (QED) is 0.836. The Bertz CT molecular complexity index is 718. The first kappa shape index (κ1) is 15.3. The lowest BCUT2D eigenvalue weighted by Crippen LogP contribution is -2.51. The third-order valence-corrected chi connectivity index (χ3v) is 4.90. The Kier molecular flexibility index (Phi) is 4.02. The van der Waals surface area contributed by atoms with Gasteiger partial charge in [-0.15, -0.1) is 0 Å². The number of piperidine rings is 1. The molecule has 126 valence electrons. The molecule has 0 N–H and O–H groups in total. The number of pyridine rings is 1. The number of ether oxygens (including phenoxy) is 1. The topological polar surface area (TPSA) is 81.4 Å². The van der Waals surface area contributed by atoms with Crippen molar-refractivity contribution < 1.29 is 14.1 Å². The van der Waals surface area contributed by atoms with E-state index in [1.807, 2.05) is 24.0 Å². The van der Waals surface area contributed by atoms with Crippen LogP contribution in [0.2, 0.25) is 0 Å². The van der Waals surface area contributed by atoms with Crippen LogP contribution in [0.25, 0.3) is 0 Å². The van der Waals surface area contributed by atoms with Gasteiger partial charge in [0, 0.05) is 37.7 Å². The molecule has 0 spiro atoms. The molecule has 0 unspecified atom stereocenters. The zero-order valence-corrected chi connectivity index (χ0v) is 13.6. The highest BCUT2D eigenvalue weighted by Crippen LogP contribution is 2.39. The van der Waals surface area contributed by atoms with E-state index < -0.39 is 0 Å². The summed E-state index contributed by atoms with van der Waals surface area (Å²) >= 11 is 0. The predicted octanol–water partition coefficient (Wildman–Crippen LogP) is 1.81. The highest BCUT2D eigenvalue weighted by atomic mass is 16.5. The molecule has 4 heterocycles. The number of nitrogens with zero attached hydrogens (tertiary/aromatic N) is 4. The van der Waals surface area contributed by atoms with Crippen LogP contribution in [-0.4, -0.2) is 51.7 Å². The van der Waals surface area contributed by atoms with Gasteiger partial charge in [0.2, 0.25) is 5.89 Å². The summed E-state index contributed by atoms with van der Waals surface area (Å²) in [4.78, 5) is 23.1. The summed E-state index contributed by atoms with van der Waals surface area (Å²) in [6.45, 7) is 3.83. The normalized spacial score (nSPS) is 26.9. The van der Waals surface area contributed by atoms with Crippen LogP contribution in [0.3, 0.4) is 0 Å². The average molecular weight is 328 g/mol. The van der Waals surface area contributed by atoms with Crippen molar-refractivity contribution in [1.82, 2.24) is 20.0 Å². The van der Waals surface area contributed by atoms with E-state index in [9.17, 15) is 4.79 Å². The van der Waals surface area contributed by atoms with Gasteiger partial charge in [-0.25, -0.2) is 0 Å². The van der Waals surface area contributed by atoms with Crippen LogP contribution in [0.4, 0.5) is 0 Å². The summed E-state index contributed by atoms with van der Waals surface area (Å²) in [7, 11) is 0. The molecule has 2 aromatic heterocycles. The van der Waals surface area contributed by atoms with Crippen molar-refractivity contribution in [3.8, 4) is 0 Å². The van der Waals surface area contributed by atoms with Gasteiger partial charge in [-0.05, 0) is 31.9 Å². The summed E-state index contributed by atoms with van der Waals surface area (Å²) in [5.74, 6) is 1.60. The molecule has 2 aliphatic rings. The Morgan fingerprint density at radius 3 is 3.00 bits per heavy atom. The molecule has 7 heteroatoms. The maximum absolute atomic E-state index is 12.7. The van der Waals surface area contributed by atoms with Gasteiger partial charge >= 0.3 is 0 Å². The van der Waals surface area contributed by atoms with Gasteiger partial charge in [-0.2, -0.15) is 4.98 Å². The molecule has 7 nitrogen and oxygen atoms in total. The van der Waals surface area contributed by atoms with Crippen molar-refractivity contribution >= 4 is 5.91 Å². The number of aryl methyl sites for hydroxylation is 1. The number of likely N-dealkylation sites (tertiary alicyclic amines) is 1. The lowest BCUT2D eigenvalue weighted by atomic mass is 9.79. The summed E-state index contributed by atoms with van der Waals surface area (Å²) in [6, 6.07) is 5.40. The predicted molar refractivity (Wildman–Crippen MR) is 84.4 cm³/mol. The molecule has 1 amide bonds. The molecular weight excluding hydrogens is 308 g/mol. The van der Waals surface area contributed by atoms with Crippen molar-refractivity contribution in [3.05, 3.63) is 41.8 Å². The second kappa shape index (κ2) is 6.32. The smallest absolute Gasteiger partial charge is 0.272 e. The Morgan fingerprint density at radius 2 is 2.25 bits per heavy atom. The molecule has 24 heavy (non-hydrogen) atoms. The van der Waals surface area contributed by atoms with E-state index in [4.69, 9.17) is 9.26 Å². The van der Waals surface area contributed by atoms with Crippen LogP contribution in [0, 0.1) is 12.8 Å². The van der Waals surface area contributed by atoms with Crippen LogP contribution in [0.5, 0.6) is 0 Å². The van der Waals surface area contributed by atoms with Crippen LogP contribution in [0.1, 0.15) is 41.0 Å². The maximum Gasteiger partial charge on any atom is 0.272 e. The number of amides is 1. The molecule has 2 saturated heterocycles. The zero-order chi connectivity index (χ0) is 16.5. The highest BCUT2D eigenvalue weighted by molar-refractivity contribution is 5.92. The lowest BCUT2D eigenvalue weighted by Gasteiger charge is -2.43. The second-order valence-electron chi connectivity index (χ2n) is 6.40. The number of hydrogen-bond acceptors (Lipinski definition) is 6. The van der Waals surface area contributed by atoms with Crippen molar-refractivity contribution in [2.75, 3.05) is 19.7 Å². The molecule has 0 aliphatic carbocycles. The SMILES string of the molecule is Cc1noc([C@@H]2CCO[C@@H]3CCN(C(=O)c4ccccn4)C[C@@H]32)n1. The van der Waals surface area contributed by atoms with Gasteiger partial charge in [0.1, 0.15) is 5.69 Å². The third-order valence-electron chi connectivity index (χ3n) is 4.90. The first-order valence-electron chi connectivity index (χ1n) is 8.34. The van der Waals surface area contributed by atoms with E-state index in [1.165, 1.54) is 0 Å². The monoisotopic (exact) mass is 328 g/mol. The number of fused-ring (bicyclic) bond motifs is 1. The number of rotatable bonds is 2. The summed E-state index contributed by atoms with van der Waals surface area (Å²) < 4.78 is 11.3. The minimum absolute atomic E-state index is 0.0277. The Labute approximate surface area is 140 Å². The third kappa shape index (κ3) is 2.80. The first-order chi connectivity index (χ1) is 11.7. The van der Waals surface area contributed by atoms with Gasteiger partial charge in [0.15, 0.2) is 5.82 Å². The number of carbonyl (C=O) groups is 1. The van der Waals surface area contributed by atoms with Crippen molar-refractivity contribution in [2.45, 2.75) is 31.8 Å². The van der Waals surface area contributed by atoms with Crippen LogP contribution < -0.4 is 0 Å². The van der Waals surface area contributed by atoms with E-state index in [0.717, 1.165) is 12.8 Å². The van der Waals surface area contributed by atoms with E-state index >= 15 is 0 Å². The molecule has 4 rings (SSSR count). The second-order valence-corrected chi connectivity index (χ2v) is 6.40. The highest BCUT2D eigenvalue weighted by Gasteiger charge is 2.42. The van der Waals surface area contributed by atoms with Gasteiger partial charge in [-0.3, -0.25) is 9.78 Å². The molecule has 2 aliphatic heterocycles. The van der Waals surface area contributed by atoms with E-state index in [0.29, 0.717) is 37.1 Å². The van der Waals surface area contributed by atoms with Gasteiger partial charge < -0.3 is 14.2 Å².